The maximum absolute atomic E-state index is 13.1. The summed E-state index contributed by atoms with van der Waals surface area (Å²) in [6.07, 6.45) is 2.86. The first-order valence-electron chi connectivity index (χ1n) is 10.2. The topological polar surface area (TPSA) is 94.8 Å². The number of carbonyl (C=O) groups excluding carboxylic acids is 1. The van der Waals surface area contributed by atoms with Crippen molar-refractivity contribution >= 4 is 49.6 Å². The molecule has 1 amide bonds. The fourth-order valence-electron chi connectivity index (χ4n) is 3.41. The lowest BCUT2D eigenvalue weighted by molar-refractivity contribution is -0.121. The lowest BCUT2D eigenvalue weighted by atomic mass is 10.1. The molecule has 0 saturated heterocycles. The van der Waals surface area contributed by atoms with Gasteiger partial charge in [0.25, 0.3) is 11.5 Å². The first kappa shape index (κ1) is 23.7. The minimum absolute atomic E-state index is 0.210. The largest absolute Gasteiger partial charge is 0.493 e. The standard InChI is InChI=1S/C24H21BrN4O4S/c1-14-4-6-16(7-5-14)17-12-34-23-21(17)24(31)29(13-26-23)11-20(30)28-27-10-15-8-18(25)22(33-3)19(9-15)32-2/h4-10,12-13H,11H2,1-3H3,(H,28,30)/b27-10-. The Morgan fingerprint density at radius 2 is 2.00 bits per heavy atom. The van der Waals surface area contributed by atoms with Crippen LogP contribution in [0.2, 0.25) is 0 Å². The molecule has 2 heterocycles. The maximum atomic E-state index is 13.1. The van der Waals surface area contributed by atoms with Gasteiger partial charge in [-0.1, -0.05) is 29.8 Å². The number of fused-ring (bicyclic) bond motifs is 1. The highest BCUT2D eigenvalue weighted by atomic mass is 79.9. The molecule has 0 atom stereocenters. The van der Waals surface area contributed by atoms with Crippen molar-refractivity contribution < 1.29 is 14.3 Å². The van der Waals surface area contributed by atoms with Crippen molar-refractivity contribution in [3.8, 4) is 22.6 Å². The fourth-order valence-corrected chi connectivity index (χ4v) is 4.94. The molecule has 0 radical (unpaired) electrons. The number of aromatic nitrogens is 2. The number of thiophene rings is 1. The number of nitrogens with one attached hydrogen (secondary N) is 1. The molecule has 34 heavy (non-hydrogen) atoms. The van der Waals surface area contributed by atoms with Gasteiger partial charge >= 0.3 is 0 Å². The van der Waals surface area contributed by atoms with Crippen LogP contribution in [0.15, 0.2) is 62.5 Å². The second-order valence-electron chi connectivity index (χ2n) is 7.40. The third kappa shape index (κ3) is 4.87. The molecule has 2 aromatic heterocycles. The van der Waals surface area contributed by atoms with Gasteiger partial charge in [0.15, 0.2) is 11.5 Å². The summed E-state index contributed by atoms with van der Waals surface area (Å²) < 4.78 is 12.6. The van der Waals surface area contributed by atoms with Gasteiger partial charge in [0.1, 0.15) is 11.4 Å². The predicted octanol–water partition coefficient (Wildman–Crippen LogP) is 4.36. The highest BCUT2D eigenvalue weighted by Gasteiger charge is 2.15. The Morgan fingerprint density at radius 1 is 1.24 bits per heavy atom. The van der Waals surface area contributed by atoms with Crippen LogP contribution in [0.5, 0.6) is 11.5 Å². The molecule has 0 bridgehead atoms. The molecule has 0 saturated carbocycles. The van der Waals surface area contributed by atoms with E-state index in [0.717, 1.165) is 16.7 Å². The zero-order chi connectivity index (χ0) is 24.2. The van der Waals surface area contributed by atoms with Crippen LogP contribution in [0, 0.1) is 6.92 Å². The van der Waals surface area contributed by atoms with Gasteiger partial charge in [0.2, 0.25) is 0 Å². The molecule has 1 N–H and O–H groups in total. The summed E-state index contributed by atoms with van der Waals surface area (Å²) in [4.78, 5) is 30.6. The number of amides is 1. The Bertz CT molecular complexity index is 1440. The summed E-state index contributed by atoms with van der Waals surface area (Å²) in [5, 5.41) is 6.41. The summed E-state index contributed by atoms with van der Waals surface area (Å²) in [6, 6.07) is 11.4. The van der Waals surface area contributed by atoms with Crippen LogP contribution in [-0.4, -0.2) is 35.9 Å². The third-order valence-corrected chi connectivity index (χ3v) is 6.57. The second kappa shape index (κ2) is 10.2. The molecule has 2 aromatic carbocycles. The predicted molar refractivity (Wildman–Crippen MR) is 137 cm³/mol. The molecule has 0 aliphatic rings. The molecule has 0 fully saturated rings. The van der Waals surface area contributed by atoms with Crippen molar-refractivity contribution in [1.82, 2.24) is 15.0 Å². The Balaban J connectivity index is 1.52. The molecular weight excluding hydrogens is 520 g/mol. The zero-order valence-corrected chi connectivity index (χ0v) is 21.1. The van der Waals surface area contributed by atoms with Crippen LogP contribution in [0.1, 0.15) is 11.1 Å². The van der Waals surface area contributed by atoms with Gasteiger partial charge in [-0.05, 0) is 46.1 Å². The summed E-state index contributed by atoms with van der Waals surface area (Å²) in [5.41, 5.74) is 5.74. The van der Waals surface area contributed by atoms with Crippen molar-refractivity contribution in [2.24, 2.45) is 5.10 Å². The van der Waals surface area contributed by atoms with E-state index in [-0.39, 0.29) is 12.1 Å². The average molecular weight is 541 g/mol. The Morgan fingerprint density at radius 3 is 2.71 bits per heavy atom. The lowest BCUT2D eigenvalue weighted by Crippen LogP contribution is -2.30. The van der Waals surface area contributed by atoms with E-state index in [1.165, 1.54) is 35.6 Å². The summed E-state index contributed by atoms with van der Waals surface area (Å²) in [6.45, 7) is 1.80. The van der Waals surface area contributed by atoms with Crippen molar-refractivity contribution in [1.29, 1.82) is 0 Å². The quantitative estimate of drug-likeness (QED) is 0.277. The highest BCUT2D eigenvalue weighted by Crippen LogP contribution is 2.35. The van der Waals surface area contributed by atoms with Crippen molar-refractivity contribution in [2.75, 3.05) is 14.2 Å². The molecule has 0 spiro atoms. The number of nitrogens with zero attached hydrogens (tertiary/aromatic N) is 3. The number of rotatable bonds is 7. The number of hydrazone groups is 1. The van der Waals surface area contributed by atoms with E-state index in [4.69, 9.17) is 9.47 Å². The number of hydrogen-bond acceptors (Lipinski definition) is 7. The summed E-state index contributed by atoms with van der Waals surface area (Å²) in [5.74, 6) is 0.631. The van der Waals surface area contributed by atoms with Crippen LogP contribution in [0.4, 0.5) is 0 Å². The van der Waals surface area contributed by atoms with Gasteiger partial charge in [-0.25, -0.2) is 10.4 Å². The first-order chi connectivity index (χ1) is 16.4. The molecule has 0 unspecified atom stereocenters. The van der Waals surface area contributed by atoms with Crippen LogP contribution in [0.3, 0.4) is 0 Å². The number of hydrogen-bond donors (Lipinski definition) is 1. The smallest absolute Gasteiger partial charge is 0.263 e. The van der Waals surface area contributed by atoms with E-state index < -0.39 is 5.91 Å². The summed E-state index contributed by atoms with van der Waals surface area (Å²) in [7, 11) is 3.08. The van der Waals surface area contributed by atoms with E-state index in [9.17, 15) is 9.59 Å². The van der Waals surface area contributed by atoms with E-state index in [0.29, 0.717) is 31.8 Å². The fraction of sp³-hybridized carbons (Fsp3) is 0.167. The molecule has 4 aromatic rings. The van der Waals surface area contributed by atoms with E-state index in [2.05, 4.69) is 31.4 Å². The van der Waals surface area contributed by atoms with Gasteiger partial charge < -0.3 is 9.47 Å². The highest BCUT2D eigenvalue weighted by molar-refractivity contribution is 9.10. The number of methoxy groups -OCH3 is 2. The summed E-state index contributed by atoms with van der Waals surface area (Å²) >= 11 is 4.82. The van der Waals surface area contributed by atoms with Crippen molar-refractivity contribution in [3.63, 3.8) is 0 Å². The normalized spacial score (nSPS) is 11.2. The minimum atomic E-state index is -0.453. The van der Waals surface area contributed by atoms with Crippen molar-refractivity contribution in [3.05, 3.63) is 74.1 Å². The Kier molecular flexibility index (Phi) is 7.09. The number of carbonyl (C=O) groups is 1. The Labute approximate surface area is 208 Å². The number of aryl methyl sites for hydroxylation is 1. The van der Waals surface area contributed by atoms with Crippen LogP contribution < -0.4 is 20.5 Å². The van der Waals surface area contributed by atoms with Crippen molar-refractivity contribution in [2.45, 2.75) is 13.5 Å². The monoisotopic (exact) mass is 540 g/mol. The number of ether oxygens (including phenoxy) is 2. The van der Waals surface area contributed by atoms with E-state index in [1.54, 1.807) is 19.2 Å². The van der Waals surface area contributed by atoms with Gasteiger partial charge in [0, 0.05) is 10.9 Å². The molecule has 0 aliphatic heterocycles. The SMILES string of the molecule is COc1cc(/C=N\NC(=O)Cn2cnc3scc(-c4ccc(C)cc4)c3c2=O)cc(Br)c1OC. The lowest BCUT2D eigenvalue weighted by Gasteiger charge is -2.10. The van der Waals surface area contributed by atoms with E-state index in [1.807, 2.05) is 36.6 Å². The van der Waals surface area contributed by atoms with E-state index >= 15 is 0 Å². The zero-order valence-electron chi connectivity index (χ0n) is 18.7. The van der Waals surface area contributed by atoms with Crippen LogP contribution in [0.25, 0.3) is 21.3 Å². The second-order valence-corrected chi connectivity index (χ2v) is 9.12. The first-order valence-corrected chi connectivity index (χ1v) is 11.9. The average Bonchev–Trinajstić information content (AvgIpc) is 3.26. The van der Waals surface area contributed by atoms with Gasteiger partial charge in [-0.2, -0.15) is 5.10 Å². The van der Waals surface area contributed by atoms with Gasteiger partial charge in [-0.15, -0.1) is 11.3 Å². The molecular formula is C24H21BrN4O4S. The molecule has 8 nitrogen and oxygen atoms in total. The van der Waals surface area contributed by atoms with Crippen LogP contribution in [-0.2, 0) is 11.3 Å². The Hall–Kier alpha value is -3.50. The minimum Gasteiger partial charge on any atom is -0.493 e. The molecule has 10 heteroatoms. The maximum Gasteiger partial charge on any atom is 0.263 e. The molecule has 0 aliphatic carbocycles. The van der Waals surface area contributed by atoms with Gasteiger partial charge in [0.05, 0.1) is 36.6 Å². The third-order valence-electron chi connectivity index (χ3n) is 5.10. The number of benzene rings is 2. The van der Waals surface area contributed by atoms with Gasteiger partial charge in [-0.3, -0.25) is 14.2 Å². The van der Waals surface area contributed by atoms with Crippen LogP contribution >= 0.6 is 27.3 Å². The number of halogens is 1. The molecule has 4 rings (SSSR count). The molecule has 174 valence electrons.